The lowest BCUT2D eigenvalue weighted by atomic mass is 9.51. The maximum Gasteiger partial charge on any atom is 0.343 e. The fourth-order valence-electron chi connectivity index (χ4n) is 9.86. The Balaban J connectivity index is 1.36. The molecular weight excluding hydrogens is 649 g/mol. The van der Waals surface area contributed by atoms with Crippen LogP contribution in [0.4, 0.5) is 0 Å². The van der Waals surface area contributed by atoms with Crippen LogP contribution in [0.2, 0.25) is 0 Å². The molecule has 2 aromatic carbocycles. The third-order valence-corrected chi connectivity index (χ3v) is 12.5. The topological polar surface area (TPSA) is 101 Å². The van der Waals surface area contributed by atoms with Gasteiger partial charge in [-0.05, 0) is 74.3 Å². The molecular formula is C46H52O6. The first-order chi connectivity index (χ1) is 24.9. The van der Waals surface area contributed by atoms with Crippen LogP contribution < -0.4 is 11.3 Å². The smallest absolute Gasteiger partial charge is 0.343 e. The second kappa shape index (κ2) is 14.4. The molecule has 1 saturated carbocycles. The van der Waals surface area contributed by atoms with Gasteiger partial charge in [-0.25, -0.2) is 9.59 Å². The molecule has 2 heterocycles. The maximum absolute atomic E-state index is 14.0. The van der Waals surface area contributed by atoms with Crippen LogP contribution in [0, 0.1) is 23.7 Å². The Hall–Kier alpha value is -4.58. The summed E-state index contributed by atoms with van der Waals surface area (Å²) in [6.07, 6.45) is 8.12. The van der Waals surface area contributed by atoms with Crippen molar-refractivity contribution in [1.82, 2.24) is 0 Å². The van der Waals surface area contributed by atoms with Crippen LogP contribution in [0.5, 0.6) is 11.5 Å². The Morgan fingerprint density at radius 1 is 0.577 bits per heavy atom. The summed E-state index contributed by atoms with van der Waals surface area (Å²) in [5.41, 5.74) is 4.02. The van der Waals surface area contributed by atoms with E-state index in [1.165, 1.54) is 11.1 Å². The van der Waals surface area contributed by atoms with Crippen molar-refractivity contribution >= 4 is 0 Å². The van der Waals surface area contributed by atoms with Crippen LogP contribution in [0.1, 0.15) is 137 Å². The van der Waals surface area contributed by atoms with Crippen LogP contribution in [0.15, 0.2) is 115 Å². The van der Waals surface area contributed by atoms with E-state index in [1.807, 2.05) is 60.7 Å². The molecule has 6 heteroatoms. The van der Waals surface area contributed by atoms with Gasteiger partial charge in [0.25, 0.3) is 0 Å². The van der Waals surface area contributed by atoms with E-state index in [4.69, 9.17) is 8.83 Å². The highest BCUT2D eigenvalue weighted by atomic mass is 16.4. The quantitative estimate of drug-likeness (QED) is 0.177. The molecule has 2 N–H and O–H groups in total. The predicted molar refractivity (Wildman–Crippen MR) is 205 cm³/mol. The predicted octanol–water partition coefficient (Wildman–Crippen LogP) is 10.6. The summed E-state index contributed by atoms with van der Waals surface area (Å²) in [4.78, 5) is 28.1. The highest BCUT2D eigenvalue weighted by molar-refractivity contribution is 5.48. The van der Waals surface area contributed by atoms with Crippen molar-refractivity contribution in [3.8, 4) is 11.5 Å². The van der Waals surface area contributed by atoms with Gasteiger partial charge < -0.3 is 19.0 Å². The Morgan fingerprint density at radius 3 is 1.27 bits per heavy atom. The first-order valence-electron chi connectivity index (χ1n) is 19.1. The molecule has 3 unspecified atom stereocenters. The summed E-state index contributed by atoms with van der Waals surface area (Å²) in [5.74, 6) is 0.0490. The standard InChI is InChI=1S/C46H52O6/c1-25(2)31-19-17-27(5)21-33(31)41-35(47)23-37(51-45(41)49)43-39(29-13-9-7-10-14-29)44(40(43)30-15-11-8-12-16-30)38-24-36(48)42(46(50)52-38)34-22-28(6)18-20-32(34)26(3)4/h7-16,21-26,31-34,39-40,43-44,47-48H,17-20H2,1-6H3/t31-,32-,33+,34?,39?,40?,43?,44?/m1/s1. The van der Waals surface area contributed by atoms with Crippen molar-refractivity contribution in [2.45, 2.75) is 103 Å². The summed E-state index contributed by atoms with van der Waals surface area (Å²) in [7, 11) is 0. The van der Waals surface area contributed by atoms with Crippen molar-refractivity contribution in [1.29, 1.82) is 0 Å². The minimum absolute atomic E-state index is 0.0426. The highest BCUT2D eigenvalue weighted by Gasteiger charge is 2.56. The van der Waals surface area contributed by atoms with Crippen LogP contribution in [-0.2, 0) is 0 Å². The van der Waals surface area contributed by atoms with Crippen LogP contribution >= 0.6 is 0 Å². The van der Waals surface area contributed by atoms with E-state index < -0.39 is 11.3 Å². The molecule has 2 aromatic heterocycles. The summed E-state index contributed by atoms with van der Waals surface area (Å²) in [5, 5.41) is 23.4. The zero-order chi connectivity index (χ0) is 36.8. The molecule has 4 aromatic rings. The van der Waals surface area contributed by atoms with E-state index in [2.05, 4.69) is 53.7 Å². The van der Waals surface area contributed by atoms with Gasteiger partial charge in [-0.2, -0.15) is 0 Å². The number of allylic oxidation sites excluding steroid dienone is 4. The Kier molecular flexibility index (Phi) is 9.95. The van der Waals surface area contributed by atoms with Gasteiger partial charge in [0.15, 0.2) is 0 Å². The fraction of sp³-hybridized carbons (Fsp3) is 0.435. The van der Waals surface area contributed by atoms with Gasteiger partial charge in [0.2, 0.25) is 0 Å². The van der Waals surface area contributed by atoms with Gasteiger partial charge in [0.1, 0.15) is 23.0 Å². The number of rotatable bonds is 8. The Labute approximate surface area is 306 Å². The number of benzene rings is 2. The summed E-state index contributed by atoms with van der Waals surface area (Å²) in [6.45, 7) is 12.8. The summed E-state index contributed by atoms with van der Waals surface area (Å²) < 4.78 is 12.6. The van der Waals surface area contributed by atoms with Gasteiger partial charge in [0, 0.05) is 47.6 Å². The molecule has 0 saturated heterocycles. The lowest BCUT2D eigenvalue weighted by Gasteiger charge is -2.51. The molecule has 0 radical (unpaired) electrons. The minimum Gasteiger partial charge on any atom is -0.507 e. The molecule has 272 valence electrons. The number of hydrogen-bond donors (Lipinski definition) is 2. The van der Waals surface area contributed by atoms with Gasteiger partial charge in [-0.15, -0.1) is 0 Å². The lowest BCUT2D eigenvalue weighted by Crippen LogP contribution is -2.41. The lowest BCUT2D eigenvalue weighted by molar-refractivity contribution is 0.166. The van der Waals surface area contributed by atoms with Gasteiger partial charge >= 0.3 is 11.3 Å². The first kappa shape index (κ1) is 35.8. The molecule has 0 aliphatic heterocycles. The molecule has 52 heavy (non-hydrogen) atoms. The van der Waals surface area contributed by atoms with E-state index in [-0.39, 0.29) is 58.8 Å². The third-order valence-electron chi connectivity index (χ3n) is 12.5. The van der Waals surface area contributed by atoms with Crippen molar-refractivity contribution < 1.29 is 19.0 Å². The van der Waals surface area contributed by atoms with E-state index in [0.29, 0.717) is 34.5 Å². The second-order valence-electron chi connectivity index (χ2n) is 16.4. The van der Waals surface area contributed by atoms with E-state index in [9.17, 15) is 19.8 Å². The van der Waals surface area contributed by atoms with Gasteiger partial charge in [0.05, 0.1) is 11.1 Å². The first-order valence-corrected chi connectivity index (χ1v) is 19.1. The summed E-state index contributed by atoms with van der Waals surface area (Å²) in [6, 6.07) is 23.3. The Bertz CT molecular complexity index is 1930. The molecule has 0 spiro atoms. The SMILES string of the molecule is CC1=CC(c2c(O)cc(C3C(c4ccccc4)C(c4cc(O)c([C@H]5C=C(C)CC[C@@H]5C(C)C)c(=O)o4)C3c3ccccc3)oc2=O)[C@@H](C(C)C)CC1. The fourth-order valence-corrected chi connectivity index (χ4v) is 9.86. The van der Waals surface area contributed by atoms with Crippen molar-refractivity contribution in [3.05, 3.63) is 151 Å². The molecule has 3 aliphatic carbocycles. The molecule has 6 nitrogen and oxygen atoms in total. The highest BCUT2D eigenvalue weighted by Crippen LogP contribution is 2.67. The number of aromatic hydroxyl groups is 2. The Morgan fingerprint density at radius 2 is 0.942 bits per heavy atom. The zero-order valence-electron chi connectivity index (χ0n) is 31.2. The monoisotopic (exact) mass is 700 g/mol. The summed E-state index contributed by atoms with van der Waals surface area (Å²) >= 11 is 0. The average Bonchev–Trinajstić information content (AvgIpc) is 3.08. The zero-order valence-corrected chi connectivity index (χ0v) is 31.2. The van der Waals surface area contributed by atoms with Crippen LogP contribution in [0.3, 0.4) is 0 Å². The minimum atomic E-state index is -0.511. The molecule has 7 rings (SSSR count). The number of hydrogen-bond acceptors (Lipinski definition) is 6. The maximum atomic E-state index is 14.0. The normalized spacial score (nSPS) is 27.6. The molecule has 0 bridgehead atoms. The van der Waals surface area contributed by atoms with E-state index in [1.54, 1.807) is 12.1 Å². The largest absolute Gasteiger partial charge is 0.507 e. The third kappa shape index (κ3) is 6.50. The average molecular weight is 701 g/mol. The molecule has 1 fully saturated rings. The molecule has 3 aliphatic rings. The van der Waals surface area contributed by atoms with Crippen LogP contribution in [0.25, 0.3) is 0 Å². The molecule has 6 atom stereocenters. The van der Waals surface area contributed by atoms with Gasteiger partial charge in [-0.3, -0.25) is 0 Å². The molecule has 0 amide bonds. The van der Waals surface area contributed by atoms with Crippen LogP contribution in [-0.4, -0.2) is 10.2 Å². The van der Waals surface area contributed by atoms with Crippen molar-refractivity contribution in [3.63, 3.8) is 0 Å². The van der Waals surface area contributed by atoms with Crippen molar-refractivity contribution in [2.75, 3.05) is 0 Å². The second-order valence-corrected chi connectivity index (χ2v) is 16.4. The van der Waals surface area contributed by atoms with E-state index >= 15 is 0 Å². The van der Waals surface area contributed by atoms with Gasteiger partial charge in [-0.1, -0.05) is 112 Å². The van der Waals surface area contributed by atoms with Crippen molar-refractivity contribution in [2.24, 2.45) is 23.7 Å². The van der Waals surface area contributed by atoms with E-state index in [0.717, 1.165) is 36.8 Å².